The van der Waals surface area contributed by atoms with Crippen LogP contribution in [0.1, 0.15) is 22.3 Å². The summed E-state index contributed by atoms with van der Waals surface area (Å²) in [6.45, 7) is 0.675. The van der Waals surface area contributed by atoms with Crippen molar-refractivity contribution in [1.29, 1.82) is 0 Å². The molecule has 9 heteroatoms. The predicted molar refractivity (Wildman–Crippen MR) is 137 cm³/mol. The van der Waals surface area contributed by atoms with Gasteiger partial charge in [-0.05, 0) is 76.2 Å². The molecule has 0 bridgehead atoms. The Morgan fingerprint density at radius 2 is 1.00 bits per heavy atom. The Kier molecular flexibility index (Phi) is 9.85. The summed E-state index contributed by atoms with van der Waals surface area (Å²) in [5, 5.41) is 0. The van der Waals surface area contributed by atoms with Gasteiger partial charge in [0.15, 0.2) is 0 Å². The Morgan fingerprint density at radius 1 is 0.541 bits per heavy atom. The molecule has 0 heterocycles. The molecule has 194 valence electrons. The van der Waals surface area contributed by atoms with Crippen molar-refractivity contribution in [2.45, 2.75) is 25.6 Å². The molecule has 0 spiro atoms. The molecule has 37 heavy (non-hydrogen) atoms. The van der Waals surface area contributed by atoms with E-state index < -0.39 is 23.5 Å². The highest BCUT2D eigenvalue weighted by Gasteiger charge is 2.31. The molecule has 0 N–H and O–H groups in total. The Morgan fingerprint density at radius 3 is 1.46 bits per heavy atom. The molecule has 0 aromatic heterocycles. The molecule has 0 aliphatic rings. The van der Waals surface area contributed by atoms with Gasteiger partial charge < -0.3 is 9.47 Å². The van der Waals surface area contributed by atoms with Crippen molar-refractivity contribution >= 4 is 22.6 Å². The number of rotatable bonds is 6. The van der Waals surface area contributed by atoms with Gasteiger partial charge in [0.25, 0.3) is 0 Å². The largest absolute Gasteiger partial charge is 0.489 e. The van der Waals surface area contributed by atoms with Gasteiger partial charge in [-0.1, -0.05) is 60.7 Å². The van der Waals surface area contributed by atoms with E-state index in [2.05, 4.69) is 0 Å². The number of ether oxygens (including phenoxy) is 2. The summed E-state index contributed by atoms with van der Waals surface area (Å²) < 4.78 is 85.9. The van der Waals surface area contributed by atoms with Crippen LogP contribution in [0, 0.1) is 3.57 Å². The second-order valence-electron chi connectivity index (χ2n) is 7.71. The first-order valence-corrected chi connectivity index (χ1v) is 12.0. The van der Waals surface area contributed by atoms with Gasteiger partial charge in [0, 0.05) is 0 Å². The fourth-order valence-corrected chi connectivity index (χ4v) is 3.68. The maximum absolute atomic E-state index is 12.5. The first-order chi connectivity index (χ1) is 17.5. The van der Waals surface area contributed by atoms with Gasteiger partial charge in [0.2, 0.25) is 0 Å². The lowest BCUT2D eigenvalue weighted by molar-refractivity contribution is -0.138. The van der Waals surface area contributed by atoms with E-state index in [1.165, 1.54) is 18.2 Å². The lowest BCUT2D eigenvalue weighted by Gasteiger charge is -2.11. The van der Waals surface area contributed by atoms with E-state index in [4.69, 9.17) is 9.47 Å². The van der Waals surface area contributed by atoms with Crippen molar-refractivity contribution in [2.75, 3.05) is 0 Å². The zero-order valence-corrected chi connectivity index (χ0v) is 21.3. The Hall–Kier alpha value is -3.21. The smallest absolute Gasteiger partial charge is 0.416 e. The van der Waals surface area contributed by atoms with Crippen LogP contribution in [0.25, 0.3) is 0 Å². The van der Waals surface area contributed by atoms with E-state index >= 15 is 0 Å². The molecule has 4 aromatic rings. The number of alkyl halides is 6. The summed E-state index contributed by atoms with van der Waals surface area (Å²) >= 11 is 1.84. The van der Waals surface area contributed by atoms with E-state index in [0.717, 1.165) is 35.4 Å². The van der Waals surface area contributed by atoms with Crippen LogP contribution < -0.4 is 9.47 Å². The molecule has 0 fully saturated rings. The van der Waals surface area contributed by atoms with Crippen molar-refractivity contribution in [3.05, 3.63) is 129 Å². The Bertz CT molecular complexity index is 1240. The minimum Gasteiger partial charge on any atom is -0.489 e. The molecule has 0 saturated heterocycles. The molecule has 0 atom stereocenters. The van der Waals surface area contributed by atoms with Crippen molar-refractivity contribution in [2.24, 2.45) is 0 Å². The van der Waals surface area contributed by atoms with Crippen LogP contribution in [-0.2, 0) is 25.6 Å². The van der Waals surface area contributed by atoms with Crippen LogP contribution in [0.3, 0.4) is 0 Å². The third-order valence-corrected chi connectivity index (χ3v) is 5.77. The zero-order valence-electron chi connectivity index (χ0n) is 19.2. The average molecular weight is 630 g/mol. The number of hydrogen-bond donors (Lipinski definition) is 0. The SMILES string of the molecule is FC(F)(F)c1ccc(OCc2ccccc2)c(I)c1.FC(F)(F)c1ccc(OCc2ccccc2)cc1. The topological polar surface area (TPSA) is 18.5 Å². The van der Waals surface area contributed by atoms with Crippen molar-refractivity contribution in [3.8, 4) is 11.5 Å². The van der Waals surface area contributed by atoms with Gasteiger partial charge in [-0.3, -0.25) is 0 Å². The summed E-state index contributed by atoms with van der Waals surface area (Å²) in [4.78, 5) is 0. The maximum Gasteiger partial charge on any atom is 0.416 e. The van der Waals surface area contributed by atoms with Crippen LogP contribution in [0.2, 0.25) is 0 Å². The number of hydrogen-bond acceptors (Lipinski definition) is 2. The Balaban J connectivity index is 0.000000206. The second-order valence-corrected chi connectivity index (χ2v) is 8.88. The lowest BCUT2D eigenvalue weighted by atomic mass is 10.2. The van der Waals surface area contributed by atoms with E-state index in [1.54, 1.807) is 0 Å². The molecule has 0 radical (unpaired) electrons. The van der Waals surface area contributed by atoms with Crippen LogP contribution in [-0.4, -0.2) is 0 Å². The van der Waals surface area contributed by atoms with Gasteiger partial charge in [-0.25, -0.2) is 0 Å². The van der Waals surface area contributed by atoms with Gasteiger partial charge in [0.05, 0.1) is 14.7 Å². The summed E-state index contributed by atoms with van der Waals surface area (Å²) in [5.41, 5.74) is 0.606. The molecule has 2 nitrogen and oxygen atoms in total. The fraction of sp³-hybridized carbons (Fsp3) is 0.143. The molecule has 4 aromatic carbocycles. The first kappa shape index (κ1) is 28.4. The summed E-state index contributed by atoms with van der Waals surface area (Å²) in [7, 11) is 0. The molecule has 0 aliphatic heterocycles. The summed E-state index contributed by atoms with van der Waals surface area (Å²) in [6.07, 6.45) is -8.63. The molecular weight excluding hydrogens is 609 g/mol. The highest BCUT2D eigenvalue weighted by Crippen LogP contribution is 2.33. The van der Waals surface area contributed by atoms with Gasteiger partial charge >= 0.3 is 12.4 Å². The van der Waals surface area contributed by atoms with E-state index in [9.17, 15) is 26.3 Å². The zero-order chi connectivity index (χ0) is 26.9. The third kappa shape index (κ3) is 9.31. The van der Waals surface area contributed by atoms with Crippen molar-refractivity contribution in [1.82, 2.24) is 0 Å². The van der Waals surface area contributed by atoms with E-state index in [-0.39, 0.29) is 0 Å². The van der Waals surface area contributed by atoms with E-state index in [1.807, 2.05) is 83.3 Å². The highest BCUT2D eigenvalue weighted by atomic mass is 127. The number of halogens is 7. The molecule has 0 unspecified atom stereocenters. The van der Waals surface area contributed by atoms with Gasteiger partial charge in [0.1, 0.15) is 24.7 Å². The Labute approximate surface area is 224 Å². The second kappa shape index (κ2) is 12.8. The standard InChI is InChI=1S/C14H10F3IO.C14H11F3O/c15-14(16,17)11-6-7-13(12(18)8-11)19-9-10-4-2-1-3-5-10;15-14(16,17)12-6-8-13(9-7-12)18-10-11-4-2-1-3-5-11/h1-8H,9H2;1-9H,10H2. The highest BCUT2D eigenvalue weighted by molar-refractivity contribution is 14.1. The van der Waals surface area contributed by atoms with Crippen molar-refractivity contribution < 1.29 is 35.8 Å². The van der Waals surface area contributed by atoms with E-state index in [0.29, 0.717) is 28.3 Å². The fourth-order valence-electron chi connectivity index (χ4n) is 3.01. The molecule has 0 saturated carbocycles. The minimum atomic E-state index is -4.32. The quantitative estimate of drug-likeness (QED) is 0.156. The molecule has 0 aliphatic carbocycles. The van der Waals surface area contributed by atoms with Crippen LogP contribution >= 0.6 is 22.6 Å². The molecule has 0 amide bonds. The third-order valence-electron chi connectivity index (χ3n) is 4.93. The predicted octanol–water partition coefficient (Wildman–Crippen LogP) is 9.17. The molecule has 4 rings (SSSR count). The summed E-state index contributed by atoms with van der Waals surface area (Å²) in [6, 6.07) is 27.0. The van der Waals surface area contributed by atoms with Crippen LogP contribution in [0.5, 0.6) is 11.5 Å². The lowest BCUT2D eigenvalue weighted by Crippen LogP contribution is -2.06. The minimum absolute atomic E-state index is 0.336. The van der Waals surface area contributed by atoms with Gasteiger partial charge in [-0.15, -0.1) is 0 Å². The monoisotopic (exact) mass is 630 g/mol. The summed E-state index contributed by atoms with van der Waals surface area (Å²) in [5.74, 6) is 0.879. The van der Waals surface area contributed by atoms with Crippen molar-refractivity contribution in [3.63, 3.8) is 0 Å². The van der Waals surface area contributed by atoms with Crippen LogP contribution in [0.15, 0.2) is 103 Å². The van der Waals surface area contributed by atoms with Gasteiger partial charge in [-0.2, -0.15) is 26.3 Å². The first-order valence-electron chi connectivity index (χ1n) is 10.9. The molecular formula is C28H21F6IO2. The number of benzene rings is 4. The maximum atomic E-state index is 12.5. The normalized spacial score (nSPS) is 11.3. The van der Waals surface area contributed by atoms with Crippen LogP contribution in [0.4, 0.5) is 26.3 Å². The average Bonchev–Trinajstić information content (AvgIpc) is 2.87.